The first kappa shape index (κ1) is 27.5. The largest absolute Gasteiger partial charge is 0.0644 e. The second-order valence-corrected chi connectivity index (χ2v) is 16.0. The summed E-state index contributed by atoms with van der Waals surface area (Å²) in [6.07, 6.45) is 4.67. The third-order valence-electron chi connectivity index (χ3n) is 9.16. The van der Waals surface area contributed by atoms with E-state index in [0.29, 0.717) is 0 Å². The molecule has 44 heavy (non-hydrogen) atoms. The van der Waals surface area contributed by atoms with E-state index in [4.69, 9.17) is 0 Å². The predicted molar refractivity (Wildman–Crippen MR) is 192 cm³/mol. The molecule has 0 unspecified atom stereocenters. The van der Waals surface area contributed by atoms with Crippen molar-refractivity contribution < 1.29 is 0 Å². The first-order valence-electron chi connectivity index (χ1n) is 15.6. The fourth-order valence-corrected chi connectivity index (χ4v) is 12.4. The molecule has 0 amide bonds. The Hall–Kier alpha value is -4.08. The molecule has 0 nitrogen and oxygen atoms in total. The smallest absolute Gasteiger partial charge is 0.0617 e. The summed E-state index contributed by atoms with van der Waals surface area (Å²) in [7, 11) is -1.47. The second kappa shape index (κ2) is 11.4. The monoisotopic (exact) mass is 600 g/mol. The molecule has 6 aromatic rings. The van der Waals surface area contributed by atoms with Crippen LogP contribution in [0.25, 0.3) is 0 Å². The van der Waals surface area contributed by atoms with E-state index < -0.39 is 15.8 Å². The van der Waals surface area contributed by atoms with Crippen molar-refractivity contribution in [3.63, 3.8) is 0 Å². The number of allylic oxidation sites excluding steroid dienone is 2. The Bertz CT molecular complexity index is 1880. The number of benzene rings is 6. The van der Waals surface area contributed by atoms with Crippen molar-refractivity contribution in [2.75, 3.05) is 0 Å². The maximum Gasteiger partial charge on any atom is 0.0617 e. The standard InChI is InChI=1S/C42H34P2/c1-2-31-17-15-27-38(43(34-19-7-3-8-20-34)35-21-9-4-10-22-35)40(31)42-30-33(42)29-32-18-16-28-39(41(32)42)44(36-23-11-5-12-24-36)37-25-13-6-14-26-37/h3-28,30H,2,29H2,1H3/t42-/m1/s1. The minimum absolute atomic E-state index is 0.137. The van der Waals surface area contributed by atoms with E-state index in [0.717, 1.165) is 12.8 Å². The van der Waals surface area contributed by atoms with Crippen LogP contribution in [0.1, 0.15) is 29.2 Å². The summed E-state index contributed by atoms with van der Waals surface area (Å²) in [5, 5.41) is 8.62. The second-order valence-electron chi connectivity index (χ2n) is 11.6. The summed E-state index contributed by atoms with van der Waals surface area (Å²) in [4.78, 5) is 0. The van der Waals surface area contributed by atoms with E-state index in [1.54, 1.807) is 16.7 Å². The van der Waals surface area contributed by atoms with Gasteiger partial charge in [-0.1, -0.05) is 171 Å². The normalized spacial score (nSPS) is 16.5. The molecule has 0 aliphatic heterocycles. The highest BCUT2D eigenvalue weighted by molar-refractivity contribution is 7.80. The van der Waals surface area contributed by atoms with Gasteiger partial charge >= 0.3 is 0 Å². The fourth-order valence-electron chi connectivity index (χ4n) is 7.27. The van der Waals surface area contributed by atoms with Crippen LogP contribution in [0.15, 0.2) is 169 Å². The average molecular weight is 601 g/mol. The van der Waals surface area contributed by atoms with E-state index in [-0.39, 0.29) is 5.41 Å². The van der Waals surface area contributed by atoms with Crippen LogP contribution in [0, 0.1) is 0 Å². The average Bonchev–Trinajstić information content (AvgIpc) is 3.71. The number of aryl methyl sites for hydroxylation is 1. The number of fused-ring (bicyclic) bond motifs is 3. The van der Waals surface area contributed by atoms with Crippen LogP contribution < -0.4 is 31.8 Å². The molecule has 1 atom stereocenters. The molecule has 8 rings (SSSR count). The van der Waals surface area contributed by atoms with Gasteiger partial charge in [-0.3, -0.25) is 0 Å². The molecule has 2 aliphatic carbocycles. The van der Waals surface area contributed by atoms with Crippen LogP contribution in [-0.4, -0.2) is 0 Å². The topological polar surface area (TPSA) is 0 Å². The number of hydrogen-bond donors (Lipinski definition) is 0. The SMILES string of the molecule is CCc1cccc(P(c2ccccc2)c2ccccc2)c1[C@@]12C=C1Cc1cccc(P(c3ccccc3)c3ccccc3)c12. The van der Waals surface area contributed by atoms with Crippen LogP contribution in [0.4, 0.5) is 0 Å². The Labute approximate surface area is 263 Å². The van der Waals surface area contributed by atoms with Crippen LogP contribution >= 0.6 is 15.8 Å². The van der Waals surface area contributed by atoms with Crippen molar-refractivity contribution in [1.82, 2.24) is 0 Å². The van der Waals surface area contributed by atoms with Gasteiger partial charge in [-0.2, -0.15) is 0 Å². The van der Waals surface area contributed by atoms with Gasteiger partial charge < -0.3 is 0 Å². The summed E-state index contributed by atoms with van der Waals surface area (Å²) in [5.41, 5.74) is 7.50. The van der Waals surface area contributed by atoms with Gasteiger partial charge in [0.05, 0.1) is 5.41 Å². The van der Waals surface area contributed by atoms with Crippen LogP contribution in [0.3, 0.4) is 0 Å². The van der Waals surface area contributed by atoms with Crippen molar-refractivity contribution in [1.29, 1.82) is 0 Å². The molecular weight excluding hydrogens is 566 g/mol. The zero-order valence-corrected chi connectivity index (χ0v) is 26.7. The Morgan fingerprint density at radius 2 is 0.909 bits per heavy atom. The highest BCUT2D eigenvalue weighted by Crippen LogP contribution is 2.61. The maximum absolute atomic E-state index is 2.61. The van der Waals surface area contributed by atoms with Gasteiger partial charge in [0.15, 0.2) is 0 Å². The van der Waals surface area contributed by atoms with Crippen molar-refractivity contribution >= 4 is 47.7 Å². The van der Waals surface area contributed by atoms with Gasteiger partial charge in [-0.05, 0) is 88.3 Å². The Balaban J connectivity index is 1.39. The van der Waals surface area contributed by atoms with E-state index in [2.05, 4.69) is 171 Å². The molecule has 2 heteroatoms. The lowest BCUT2D eigenvalue weighted by Crippen LogP contribution is -2.33. The van der Waals surface area contributed by atoms with Crippen molar-refractivity contribution in [3.8, 4) is 0 Å². The summed E-state index contributed by atoms with van der Waals surface area (Å²) < 4.78 is 0. The number of hydrogen-bond acceptors (Lipinski definition) is 0. The van der Waals surface area contributed by atoms with Gasteiger partial charge in [0.25, 0.3) is 0 Å². The van der Waals surface area contributed by atoms with Gasteiger partial charge in [-0.15, -0.1) is 0 Å². The van der Waals surface area contributed by atoms with Crippen molar-refractivity contribution in [2.45, 2.75) is 25.2 Å². The molecule has 0 bridgehead atoms. The summed E-state index contributed by atoms with van der Waals surface area (Å²) >= 11 is 0. The molecule has 0 spiro atoms. The third kappa shape index (κ3) is 4.52. The lowest BCUT2D eigenvalue weighted by Gasteiger charge is -2.32. The van der Waals surface area contributed by atoms with Gasteiger partial charge in [0, 0.05) is 0 Å². The van der Waals surface area contributed by atoms with Crippen LogP contribution in [0.5, 0.6) is 0 Å². The zero-order chi connectivity index (χ0) is 29.5. The quantitative estimate of drug-likeness (QED) is 0.125. The van der Waals surface area contributed by atoms with Gasteiger partial charge in [-0.25, -0.2) is 0 Å². The minimum Gasteiger partial charge on any atom is -0.0644 e. The molecule has 0 heterocycles. The molecular formula is C42H34P2. The Morgan fingerprint density at radius 1 is 0.477 bits per heavy atom. The highest BCUT2D eigenvalue weighted by Gasteiger charge is 2.56. The summed E-state index contributed by atoms with van der Waals surface area (Å²) in [6, 6.07) is 59.1. The number of rotatable bonds is 8. The first-order chi connectivity index (χ1) is 21.8. The molecule has 212 valence electrons. The van der Waals surface area contributed by atoms with Gasteiger partial charge in [0.2, 0.25) is 0 Å². The third-order valence-corrected chi connectivity index (χ3v) is 14.1. The molecule has 0 radical (unpaired) electrons. The van der Waals surface area contributed by atoms with E-state index in [9.17, 15) is 0 Å². The molecule has 0 fully saturated rings. The van der Waals surface area contributed by atoms with Crippen LogP contribution in [-0.2, 0) is 18.3 Å². The Kier molecular flexibility index (Phi) is 7.15. The maximum atomic E-state index is 2.61. The minimum atomic E-state index is -0.740. The molecule has 0 aromatic heterocycles. The molecule has 0 saturated heterocycles. The van der Waals surface area contributed by atoms with E-state index >= 15 is 0 Å². The van der Waals surface area contributed by atoms with Crippen LogP contribution in [0.2, 0.25) is 0 Å². The van der Waals surface area contributed by atoms with E-state index in [1.165, 1.54) is 43.0 Å². The lowest BCUT2D eigenvalue weighted by molar-refractivity contribution is 0.907. The molecule has 2 aliphatic rings. The van der Waals surface area contributed by atoms with Crippen molar-refractivity contribution in [2.24, 2.45) is 0 Å². The summed E-state index contributed by atoms with van der Waals surface area (Å²) in [5.74, 6) is 0. The van der Waals surface area contributed by atoms with Gasteiger partial charge in [0.1, 0.15) is 0 Å². The lowest BCUT2D eigenvalue weighted by atomic mass is 9.82. The zero-order valence-electron chi connectivity index (χ0n) is 24.9. The molecule has 0 saturated carbocycles. The predicted octanol–water partition coefficient (Wildman–Crippen LogP) is 7.55. The fraction of sp³-hybridized carbons (Fsp3) is 0.0952. The highest BCUT2D eigenvalue weighted by atomic mass is 31.1. The first-order valence-corrected chi connectivity index (χ1v) is 18.3. The molecule has 6 aromatic carbocycles. The molecule has 0 N–H and O–H groups in total. The summed E-state index contributed by atoms with van der Waals surface area (Å²) in [6.45, 7) is 2.33. The van der Waals surface area contributed by atoms with Crippen molar-refractivity contribution in [3.05, 3.63) is 192 Å². The van der Waals surface area contributed by atoms with E-state index in [1.807, 2.05) is 0 Å². The Morgan fingerprint density at radius 3 is 1.36 bits per heavy atom.